The van der Waals surface area contributed by atoms with Gasteiger partial charge in [0, 0.05) is 11.9 Å². The summed E-state index contributed by atoms with van der Waals surface area (Å²) in [7, 11) is -3.80. The monoisotopic (exact) mass is 356 g/mol. The number of aromatic amines is 1. The van der Waals surface area contributed by atoms with Crippen molar-refractivity contribution in [1.29, 1.82) is 0 Å². The molecule has 0 amide bonds. The Morgan fingerprint density at radius 3 is 2.48 bits per heavy atom. The van der Waals surface area contributed by atoms with Crippen molar-refractivity contribution in [2.24, 2.45) is 5.92 Å². The van der Waals surface area contributed by atoms with Gasteiger partial charge < -0.3 is 10.1 Å². The van der Waals surface area contributed by atoms with Gasteiger partial charge in [-0.1, -0.05) is 30.4 Å². The standard InChI is InChI=1S/C14H16N2O5S2/c1-2-10(13(17)18)7-9-3-5-11(6-4-9)16-23(20,21)12-8-15-14(19)22-12/h3-6,8,10,16H,2,7H2,1H3,(H,15,19)(H,17,18). The molecule has 1 aromatic heterocycles. The molecule has 124 valence electrons. The maximum atomic E-state index is 12.1. The summed E-state index contributed by atoms with van der Waals surface area (Å²) in [6.45, 7) is 1.81. The molecule has 0 spiro atoms. The van der Waals surface area contributed by atoms with E-state index in [9.17, 15) is 18.0 Å². The van der Waals surface area contributed by atoms with Gasteiger partial charge >= 0.3 is 10.8 Å². The number of thiazole rings is 1. The van der Waals surface area contributed by atoms with Gasteiger partial charge in [-0.25, -0.2) is 8.42 Å². The van der Waals surface area contributed by atoms with Crippen LogP contribution in [0.5, 0.6) is 0 Å². The van der Waals surface area contributed by atoms with Gasteiger partial charge in [-0.15, -0.1) is 0 Å². The summed E-state index contributed by atoms with van der Waals surface area (Å²) >= 11 is 0.605. The van der Waals surface area contributed by atoms with Crippen molar-refractivity contribution in [3.05, 3.63) is 45.7 Å². The van der Waals surface area contributed by atoms with E-state index in [1.807, 2.05) is 6.92 Å². The molecule has 0 aliphatic rings. The lowest BCUT2D eigenvalue weighted by atomic mass is 9.97. The topological polar surface area (TPSA) is 116 Å². The molecule has 23 heavy (non-hydrogen) atoms. The summed E-state index contributed by atoms with van der Waals surface area (Å²) in [4.78, 5) is 23.9. The molecule has 2 rings (SSSR count). The van der Waals surface area contributed by atoms with Crippen LogP contribution in [-0.2, 0) is 21.2 Å². The number of rotatable bonds is 7. The van der Waals surface area contributed by atoms with Crippen molar-refractivity contribution in [3.63, 3.8) is 0 Å². The minimum Gasteiger partial charge on any atom is -0.481 e. The van der Waals surface area contributed by atoms with Gasteiger partial charge in [0.15, 0.2) is 4.21 Å². The fourth-order valence-corrected chi connectivity index (χ4v) is 3.98. The summed E-state index contributed by atoms with van der Waals surface area (Å²) in [5.74, 6) is -1.31. The van der Waals surface area contributed by atoms with E-state index in [0.717, 1.165) is 11.8 Å². The van der Waals surface area contributed by atoms with Gasteiger partial charge in [0.1, 0.15) is 0 Å². The van der Waals surface area contributed by atoms with Crippen LogP contribution in [0, 0.1) is 5.92 Å². The number of anilines is 1. The maximum Gasteiger partial charge on any atom is 0.306 e. The van der Waals surface area contributed by atoms with Crippen LogP contribution in [0.3, 0.4) is 0 Å². The zero-order chi connectivity index (χ0) is 17.0. The molecule has 0 radical (unpaired) electrons. The predicted octanol–water partition coefficient (Wildman–Crippen LogP) is 1.89. The van der Waals surface area contributed by atoms with Crippen LogP contribution in [0.4, 0.5) is 5.69 Å². The van der Waals surface area contributed by atoms with Crippen LogP contribution in [-0.4, -0.2) is 24.5 Å². The van der Waals surface area contributed by atoms with Crippen molar-refractivity contribution < 1.29 is 18.3 Å². The van der Waals surface area contributed by atoms with Gasteiger partial charge in [-0.3, -0.25) is 14.3 Å². The van der Waals surface area contributed by atoms with Crippen molar-refractivity contribution >= 4 is 33.0 Å². The van der Waals surface area contributed by atoms with Crippen molar-refractivity contribution in [3.8, 4) is 0 Å². The number of nitrogens with one attached hydrogen (secondary N) is 2. The highest BCUT2D eigenvalue weighted by Crippen LogP contribution is 2.19. The number of H-pyrrole nitrogens is 1. The first kappa shape index (κ1) is 17.2. The summed E-state index contributed by atoms with van der Waals surface area (Å²) in [6, 6.07) is 6.50. The minimum atomic E-state index is -3.80. The fourth-order valence-electron chi connectivity index (χ4n) is 2.01. The first-order valence-corrected chi connectivity index (χ1v) is 9.15. The Labute approximate surface area is 137 Å². The zero-order valence-electron chi connectivity index (χ0n) is 12.3. The van der Waals surface area contributed by atoms with Crippen molar-refractivity contribution in [2.45, 2.75) is 24.0 Å². The summed E-state index contributed by atoms with van der Waals surface area (Å²) in [5, 5.41) is 9.05. The third-order valence-corrected chi connectivity index (χ3v) is 5.98. The first-order valence-electron chi connectivity index (χ1n) is 6.85. The number of aromatic nitrogens is 1. The van der Waals surface area contributed by atoms with Gasteiger partial charge in [-0.05, 0) is 30.5 Å². The number of hydrogen-bond acceptors (Lipinski definition) is 5. The van der Waals surface area contributed by atoms with E-state index < -0.39 is 26.8 Å². The number of carboxylic acid groups (broad SMARTS) is 1. The van der Waals surface area contributed by atoms with Gasteiger partial charge in [0.25, 0.3) is 10.0 Å². The van der Waals surface area contributed by atoms with E-state index in [1.165, 1.54) is 0 Å². The van der Waals surface area contributed by atoms with Crippen LogP contribution in [0.25, 0.3) is 0 Å². The van der Waals surface area contributed by atoms with Crippen molar-refractivity contribution in [1.82, 2.24) is 4.98 Å². The number of aliphatic carboxylic acids is 1. The third kappa shape index (κ3) is 4.42. The Balaban J connectivity index is 2.11. The molecule has 7 nitrogen and oxygen atoms in total. The number of carbonyl (C=O) groups is 1. The molecule has 0 bridgehead atoms. The van der Waals surface area contributed by atoms with E-state index in [-0.39, 0.29) is 4.21 Å². The molecule has 0 saturated carbocycles. The van der Waals surface area contributed by atoms with Crippen LogP contribution in [0.1, 0.15) is 18.9 Å². The quantitative estimate of drug-likeness (QED) is 0.700. The Morgan fingerprint density at radius 1 is 1.35 bits per heavy atom. The minimum absolute atomic E-state index is 0.0940. The lowest BCUT2D eigenvalue weighted by Crippen LogP contribution is -2.15. The summed E-state index contributed by atoms with van der Waals surface area (Å²) in [6.07, 6.45) is 2.05. The van der Waals surface area contributed by atoms with E-state index in [2.05, 4.69) is 9.71 Å². The summed E-state index contributed by atoms with van der Waals surface area (Å²) in [5.41, 5.74) is 1.16. The van der Waals surface area contributed by atoms with Gasteiger partial charge in [-0.2, -0.15) is 0 Å². The van der Waals surface area contributed by atoms with E-state index in [4.69, 9.17) is 5.11 Å². The average molecular weight is 356 g/mol. The van der Waals surface area contributed by atoms with E-state index in [0.29, 0.717) is 29.9 Å². The highest BCUT2D eigenvalue weighted by molar-refractivity contribution is 7.94. The molecule has 1 aromatic carbocycles. The summed E-state index contributed by atoms with van der Waals surface area (Å²) < 4.78 is 26.4. The van der Waals surface area contributed by atoms with E-state index in [1.54, 1.807) is 24.3 Å². The largest absolute Gasteiger partial charge is 0.481 e. The number of benzene rings is 1. The van der Waals surface area contributed by atoms with Crippen molar-refractivity contribution in [2.75, 3.05) is 4.72 Å². The molecule has 0 fully saturated rings. The molecule has 2 aromatic rings. The van der Waals surface area contributed by atoms with Crippen LogP contribution < -0.4 is 9.60 Å². The molecule has 0 aliphatic carbocycles. The molecule has 0 aliphatic heterocycles. The predicted molar refractivity (Wildman–Crippen MR) is 87.3 cm³/mol. The van der Waals surface area contributed by atoms with Gasteiger partial charge in [0.2, 0.25) is 0 Å². The molecule has 1 unspecified atom stereocenters. The fraction of sp³-hybridized carbons (Fsp3) is 0.286. The molecule has 3 N–H and O–H groups in total. The third-order valence-electron chi connectivity index (χ3n) is 3.30. The Hall–Kier alpha value is -2.13. The molecule has 0 saturated heterocycles. The maximum absolute atomic E-state index is 12.1. The zero-order valence-corrected chi connectivity index (χ0v) is 13.9. The number of hydrogen-bond donors (Lipinski definition) is 3. The number of carboxylic acids is 1. The first-order chi connectivity index (χ1) is 10.8. The Kier molecular flexibility index (Phi) is 5.22. The second-order valence-electron chi connectivity index (χ2n) is 4.95. The highest BCUT2D eigenvalue weighted by Gasteiger charge is 2.18. The molecule has 9 heteroatoms. The molecular weight excluding hydrogens is 340 g/mol. The molecule has 1 heterocycles. The Bertz CT molecular complexity index is 837. The lowest BCUT2D eigenvalue weighted by molar-refractivity contribution is -0.141. The Morgan fingerprint density at radius 2 is 2.00 bits per heavy atom. The van der Waals surface area contributed by atoms with E-state index >= 15 is 0 Å². The second-order valence-corrected chi connectivity index (χ2v) is 7.87. The normalized spacial score (nSPS) is 12.7. The lowest BCUT2D eigenvalue weighted by Gasteiger charge is -2.11. The highest BCUT2D eigenvalue weighted by atomic mass is 32.2. The molecule has 1 atom stereocenters. The molecular formula is C14H16N2O5S2. The van der Waals surface area contributed by atoms with Gasteiger partial charge in [0.05, 0.1) is 5.92 Å². The van der Waals surface area contributed by atoms with Crippen LogP contribution in [0.2, 0.25) is 0 Å². The average Bonchev–Trinajstić information content (AvgIpc) is 2.93. The SMILES string of the molecule is CCC(Cc1ccc(NS(=O)(=O)c2c[nH]c(=O)s2)cc1)C(=O)O. The van der Waals surface area contributed by atoms with Crippen LogP contribution in [0.15, 0.2) is 39.5 Å². The second kappa shape index (κ2) is 6.97. The van der Waals surface area contributed by atoms with Crippen LogP contribution >= 0.6 is 11.3 Å². The number of sulfonamides is 1. The smallest absolute Gasteiger partial charge is 0.306 e.